The van der Waals surface area contributed by atoms with E-state index in [0.29, 0.717) is 6.07 Å². The number of halogens is 4. The Kier molecular flexibility index (Phi) is 6.82. The number of ether oxygens (including phenoxy) is 1. The van der Waals surface area contributed by atoms with E-state index in [1.165, 1.54) is 0 Å². The molecule has 0 radical (unpaired) electrons. The predicted molar refractivity (Wildman–Crippen MR) is 96.3 cm³/mol. The van der Waals surface area contributed by atoms with Gasteiger partial charge >= 0.3 is 12.1 Å². The van der Waals surface area contributed by atoms with E-state index in [4.69, 9.17) is 16.3 Å². The number of aromatic nitrogens is 1. The van der Waals surface area contributed by atoms with Gasteiger partial charge in [0.05, 0.1) is 34.9 Å². The van der Waals surface area contributed by atoms with Crippen molar-refractivity contribution >= 4 is 23.4 Å². The van der Waals surface area contributed by atoms with Crippen LogP contribution in [0, 0.1) is 11.3 Å². The highest BCUT2D eigenvalue weighted by Gasteiger charge is 2.31. The van der Waals surface area contributed by atoms with E-state index in [0.717, 1.165) is 18.2 Å². The van der Waals surface area contributed by atoms with Crippen molar-refractivity contribution in [1.82, 2.24) is 4.98 Å². The lowest BCUT2D eigenvalue weighted by molar-refractivity contribution is -0.143. The summed E-state index contributed by atoms with van der Waals surface area (Å²) in [5.74, 6) is -2.05. The van der Waals surface area contributed by atoms with Crippen molar-refractivity contribution in [3.63, 3.8) is 0 Å². The molecule has 2 rings (SSSR count). The molecule has 0 aliphatic heterocycles. The number of alkyl halides is 3. The van der Waals surface area contributed by atoms with Crippen molar-refractivity contribution in [3.8, 4) is 23.1 Å². The van der Waals surface area contributed by atoms with Crippen molar-refractivity contribution in [2.45, 2.75) is 25.9 Å². The molecule has 1 aromatic carbocycles. The van der Waals surface area contributed by atoms with Crippen LogP contribution < -0.4 is 0 Å². The average Bonchev–Trinajstić information content (AvgIpc) is 2.66. The Hall–Kier alpha value is -3.12. The van der Waals surface area contributed by atoms with Gasteiger partial charge in [0.2, 0.25) is 0 Å². The minimum absolute atomic E-state index is 0.0376. The highest BCUT2D eigenvalue weighted by atomic mass is 35.5. The number of carbonyl (C=O) groups excluding carboxylic acids is 2. The number of esters is 1. The van der Waals surface area contributed by atoms with Crippen molar-refractivity contribution < 1.29 is 32.6 Å². The molecule has 10 heteroatoms. The molecule has 1 N–H and O–H groups in total. The molecule has 0 atom stereocenters. The van der Waals surface area contributed by atoms with E-state index in [1.54, 1.807) is 13.0 Å². The van der Waals surface area contributed by atoms with Gasteiger partial charge in [-0.1, -0.05) is 17.7 Å². The normalized spacial score (nSPS) is 11.0. The molecule has 29 heavy (non-hydrogen) atoms. The van der Waals surface area contributed by atoms with Crippen LogP contribution in [0.1, 0.15) is 41.4 Å². The molecule has 0 fully saturated rings. The first-order valence-corrected chi connectivity index (χ1v) is 8.66. The maximum Gasteiger partial charge on any atom is 0.416 e. The molecule has 0 unspecified atom stereocenters. The first-order valence-electron chi connectivity index (χ1n) is 8.28. The monoisotopic (exact) mass is 426 g/mol. The quantitative estimate of drug-likeness (QED) is 0.538. The van der Waals surface area contributed by atoms with Crippen molar-refractivity contribution in [2.75, 3.05) is 6.61 Å². The molecule has 152 valence electrons. The van der Waals surface area contributed by atoms with Crippen LogP contribution in [0.2, 0.25) is 5.02 Å². The van der Waals surface area contributed by atoms with Crippen LogP contribution in [0.15, 0.2) is 24.3 Å². The number of nitrogens with zero attached hydrogens (tertiary/aromatic N) is 2. The summed E-state index contributed by atoms with van der Waals surface area (Å²) < 4.78 is 43.2. The maximum atomic E-state index is 12.8. The molecular formula is C19H14ClF3N2O4. The van der Waals surface area contributed by atoms with Gasteiger partial charge in [-0.25, -0.2) is 4.98 Å². The third kappa shape index (κ3) is 5.23. The van der Waals surface area contributed by atoms with Gasteiger partial charge in [0.15, 0.2) is 11.5 Å². The van der Waals surface area contributed by atoms with E-state index in [-0.39, 0.29) is 41.3 Å². The fraction of sp³-hybridized carbons (Fsp3) is 0.263. The van der Waals surface area contributed by atoms with Crippen LogP contribution >= 0.6 is 11.6 Å². The standard InChI is InChI=1S/C19H14ClF3N2O4/c1-2-29-16(27)6-5-15(26)17-18(28)10(9-24)7-14(25-17)12-4-3-11(8-13(12)20)19(21,22)23/h3-4,7-8,28H,2,5-6H2,1H3. The molecule has 1 aromatic heterocycles. The number of hydrogen-bond donors (Lipinski definition) is 1. The molecular weight excluding hydrogens is 413 g/mol. The molecule has 0 amide bonds. The van der Waals surface area contributed by atoms with E-state index in [2.05, 4.69) is 4.98 Å². The van der Waals surface area contributed by atoms with Gasteiger partial charge < -0.3 is 9.84 Å². The number of ketones is 1. The largest absolute Gasteiger partial charge is 0.504 e. The maximum absolute atomic E-state index is 12.8. The average molecular weight is 427 g/mol. The van der Waals surface area contributed by atoms with Gasteiger partial charge in [0.25, 0.3) is 0 Å². The summed E-state index contributed by atoms with van der Waals surface area (Å²) in [4.78, 5) is 27.7. The fourth-order valence-electron chi connectivity index (χ4n) is 2.42. The summed E-state index contributed by atoms with van der Waals surface area (Å²) in [5, 5.41) is 19.0. The first-order chi connectivity index (χ1) is 13.6. The number of pyridine rings is 1. The topological polar surface area (TPSA) is 100 Å². The molecule has 2 aromatic rings. The molecule has 0 saturated carbocycles. The lowest BCUT2D eigenvalue weighted by Gasteiger charge is -2.12. The number of nitriles is 1. The minimum atomic E-state index is -4.60. The van der Waals surface area contributed by atoms with Gasteiger partial charge in [0, 0.05) is 12.0 Å². The van der Waals surface area contributed by atoms with Gasteiger partial charge in [-0.2, -0.15) is 18.4 Å². The Morgan fingerprint density at radius 3 is 2.52 bits per heavy atom. The van der Waals surface area contributed by atoms with Crippen LogP contribution in [-0.2, 0) is 15.7 Å². The predicted octanol–water partition coefficient (Wildman–Crippen LogP) is 4.52. The summed E-state index contributed by atoms with van der Waals surface area (Å²) in [6.07, 6.45) is -5.20. The smallest absolute Gasteiger partial charge is 0.416 e. The second kappa shape index (κ2) is 8.92. The second-order valence-electron chi connectivity index (χ2n) is 5.78. The Bertz CT molecular complexity index is 1000. The number of aromatic hydroxyl groups is 1. The molecule has 0 aliphatic rings. The number of Topliss-reactive ketones (excluding diaryl/α,β-unsaturated/α-hetero) is 1. The molecule has 1 heterocycles. The molecule has 0 saturated heterocycles. The summed E-state index contributed by atoms with van der Waals surface area (Å²) in [5.41, 5.74) is -1.81. The summed E-state index contributed by atoms with van der Waals surface area (Å²) in [6, 6.07) is 5.32. The van der Waals surface area contributed by atoms with Gasteiger partial charge in [0.1, 0.15) is 11.8 Å². The van der Waals surface area contributed by atoms with Gasteiger partial charge in [-0.3, -0.25) is 9.59 Å². The highest BCUT2D eigenvalue weighted by Crippen LogP contribution is 2.36. The Labute approximate surface area is 168 Å². The van der Waals surface area contributed by atoms with Crippen LogP contribution in [0.25, 0.3) is 11.3 Å². The zero-order valence-electron chi connectivity index (χ0n) is 15.0. The van der Waals surface area contributed by atoms with Crippen LogP contribution in [0.3, 0.4) is 0 Å². The first kappa shape index (κ1) is 22.2. The molecule has 0 spiro atoms. The van der Waals surface area contributed by atoms with E-state index in [1.807, 2.05) is 0 Å². The third-order valence-corrected chi connectivity index (χ3v) is 4.12. The Balaban J connectivity index is 2.45. The molecule has 6 nitrogen and oxygen atoms in total. The minimum Gasteiger partial charge on any atom is -0.504 e. The molecule has 0 bridgehead atoms. The SMILES string of the molecule is CCOC(=O)CCC(=O)c1nc(-c2ccc(C(F)(F)F)cc2Cl)cc(C#N)c1O. The molecule has 0 aliphatic carbocycles. The number of carbonyl (C=O) groups is 2. The highest BCUT2D eigenvalue weighted by molar-refractivity contribution is 6.33. The fourth-order valence-corrected chi connectivity index (χ4v) is 2.70. The number of benzene rings is 1. The van der Waals surface area contributed by atoms with Crippen molar-refractivity contribution in [2.24, 2.45) is 0 Å². The lowest BCUT2D eigenvalue weighted by atomic mass is 10.0. The zero-order chi connectivity index (χ0) is 21.8. The van der Waals surface area contributed by atoms with E-state index in [9.17, 15) is 33.1 Å². The number of rotatable bonds is 6. The van der Waals surface area contributed by atoms with Crippen molar-refractivity contribution in [1.29, 1.82) is 5.26 Å². The van der Waals surface area contributed by atoms with Crippen LogP contribution in [-0.4, -0.2) is 28.4 Å². The number of hydrogen-bond acceptors (Lipinski definition) is 6. The third-order valence-electron chi connectivity index (χ3n) is 3.81. The van der Waals surface area contributed by atoms with E-state index >= 15 is 0 Å². The Morgan fingerprint density at radius 1 is 1.28 bits per heavy atom. The van der Waals surface area contributed by atoms with Crippen LogP contribution in [0.4, 0.5) is 13.2 Å². The zero-order valence-corrected chi connectivity index (χ0v) is 15.8. The second-order valence-corrected chi connectivity index (χ2v) is 6.19. The van der Waals surface area contributed by atoms with Crippen molar-refractivity contribution in [3.05, 3.63) is 46.1 Å². The van der Waals surface area contributed by atoms with Gasteiger partial charge in [-0.05, 0) is 25.1 Å². The summed E-state index contributed by atoms with van der Waals surface area (Å²) in [7, 11) is 0. The summed E-state index contributed by atoms with van der Waals surface area (Å²) in [6.45, 7) is 1.74. The lowest BCUT2D eigenvalue weighted by Crippen LogP contribution is -2.10. The summed E-state index contributed by atoms with van der Waals surface area (Å²) >= 11 is 5.94. The van der Waals surface area contributed by atoms with Gasteiger partial charge in [-0.15, -0.1) is 0 Å². The Morgan fingerprint density at radius 2 is 1.97 bits per heavy atom. The van der Waals surface area contributed by atoms with E-state index < -0.39 is 34.9 Å². The van der Waals surface area contributed by atoms with Crippen LogP contribution in [0.5, 0.6) is 5.75 Å².